The van der Waals surface area contributed by atoms with Gasteiger partial charge < -0.3 is 5.32 Å². The number of thioether (sulfide) groups is 1. The van der Waals surface area contributed by atoms with Crippen LogP contribution >= 0.6 is 11.8 Å². The van der Waals surface area contributed by atoms with Crippen LogP contribution < -0.4 is 5.32 Å². The largest absolute Gasteiger partial charge is 0.311 e. The number of rotatable bonds is 9. The van der Waals surface area contributed by atoms with Crippen molar-refractivity contribution in [1.29, 1.82) is 0 Å². The molecular formula is C12H27NS. The molecule has 2 unspecified atom stereocenters. The summed E-state index contributed by atoms with van der Waals surface area (Å²) in [6, 6.07) is 1.42. The summed E-state index contributed by atoms with van der Waals surface area (Å²) in [5.74, 6) is 2.55. The predicted octanol–water partition coefficient (Wildman–Crippen LogP) is 3.69. The summed E-state index contributed by atoms with van der Waals surface area (Å²) in [7, 11) is 0. The Morgan fingerprint density at radius 3 is 2.36 bits per heavy atom. The molecule has 0 radical (unpaired) electrons. The van der Waals surface area contributed by atoms with Crippen LogP contribution in [-0.4, -0.2) is 23.6 Å². The summed E-state index contributed by atoms with van der Waals surface area (Å²) in [5, 5.41) is 3.71. The van der Waals surface area contributed by atoms with Crippen LogP contribution in [0.3, 0.4) is 0 Å². The molecule has 1 N–H and O–H groups in total. The van der Waals surface area contributed by atoms with Crippen molar-refractivity contribution in [2.45, 2.75) is 65.5 Å². The van der Waals surface area contributed by atoms with Gasteiger partial charge in [0.15, 0.2) is 0 Å². The Morgan fingerprint density at radius 2 is 1.86 bits per heavy atom. The van der Waals surface area contributed by atoms with E-state index in [1.165, 1.54) is 37.2 Å². The van der Waals surface area contributed by atoms with Gasteiger partial charge in [-0.05, 0) is 37.7 Å². The van der Waals surface area contributed by atoms with Crippen LogP contribution in [0.1, 0.15) is 53.4 Å². The minimum Gasteiger partial charge on any atom is -0.311 e. The SMILES string of the molecule is CCCC(CC)NC(C)CCSCC. The Labute approximate surface area is 94.4 Å². The molecule has 0 fully saturated rings. The quantitative estimate of drug-likeness (QED) is 0.591. The molecule has 14 heavy (non-hydrogen) atoms. The van der Waals surface area contributed by atoms with Crippen molar-refractivity contribution in [2.24, 2.45) is 0 Å². The number of hydrogen-bond acceptors (Lipinski definition) is 2. The Kier molecular flexibility index (Phi) is 10.1. The second-order valence-corrected chi connectivity index (χ2v) is 5.34. The molecule has 0 aromatic rings. The van der Waals surface area contributed by atoms with E-state index in [-0.39, 0.29) is 0 Å². The van der Waals surface area contributed by atoms with E-state index in [9.17, 15) is 0 Å². The van der Waals surface area contributed by atoms with Gasteiger partial charge in [0.25, 0.3) is 0 Å². The van der Waals surface area contributed by atoms with Crippen molar-refractivity contribution in [3.63, 3.8) is 0 Å². The highest BCUT2D eigenvalue weighted by Crippen LogP contribution is 2.07. The van der Waals surface area contributed by atoms with Gasteiger partial charge in [-0.15, -0.1) is 0 Å². The fourth-order valence-electron chi connectivity index (χ4n) is 1.64. The second-order valence-electron chi connectivity index (χ2n) is 3.95. The lowest BCUT2D eigenvalue weighted by molar-refractivity contribution is 0.405. The normalized spacial score (nSPS) is 15.4. The van der Waals surface area contributed by atoms with E-state index in [1.807, 2.05) is 11.8 Å². The first kappa shape index (κ1) is 14.3. The zero-order valence-electron chi connectivity index (χ0n) is 10.3. The van der Waals surface area contributed by atoms with Gasteiger partial charge in [0.2, 0.25) is 0 Å². The Balaban J connectivity index is 3.51. The minimum absolute atomic E-state index is 0.686. The van der Waals surface area contributed by atoms with Gasteiger partial charge in [0, 0.05) is 12.1 Å². The van der Waals surface area contributed by atoms with E-state index in [0.29, 0.717) is 6.04 Å². The Hall–Kier alpha value is 0.310. The Bertz CT molecular complexity index is 117. The van der Waals surface area contributed by atoms with E-state index >= 15 is 0 Å². The molecule has 0 bridgehead atoms. The van der Waals surface area contributed by atoms with Gasteiger partial charge in [-0.25, -0.2) is 0 Å². The van der Waals surface area contributed by atoms with Crippen molar-refractivity contribution >= 4 is 11.8 Å². The maximum absolute atomic E-state index is 3.71. The fourth-order valence-corrected chi connectivity index (χ4v) is 2.45. The van der Waals surface area contributed by atoms with Gasteiger partial charge in [-0.1, -0.05) is 27.2 Å². The number of nitrogens with one attached hydrogen (secondary N) is 1. The molecule has 0 amide bonds. The average Bonchev–Trinajstić information content (AvgIpc) is 2.17. The molecule has 0 aromatic heterocycles. The van der Waals surface area contributed by atoms with Crippen molar-refractivity contribution in [2.75, 3.05) is 11.5 Å². The zero-order valence-corrected chi connectivity index (χ0v) is 11.1. The topological polar surface area (TPSA) is 12.0 Å². The molecule has 0 aliphatic heterocycles. The summed E-state index contributed by atoms with van der Waals surface area (Å²) in [5.41, 5.74) is 0. The molecule has 0 spiro atoms. The van der Waals surface area contributed by atoms with Crippen LogP contribution in [-0.2, 0) is 0 Å². The lowest BCUT2D eigenvalue weighted by Gasteiger charge is -2.21. The molecule has 0 aromatic carbocycles. The first-order valence-corrected chi connectivity index (χ1v) is 7.23. The van der Waals surface area contributed by atoms with E-state index < -0.39 is 0 Å². The summed E-state index contributed by atoms with van der Waals surface area (Å²) >= 11 is 2.04. The molecule has 1 nitrogen and oxygen atoms in total. The standard InChI is InChI=1S/C12H27NS/c1-5-8-12(6-2)13-11(4)9-10-14-7-3/h11-13H,5-10H2,1-4H3. The van der Waals surface area contributed by atoms with Gasteiger partial charge in [0.1, 0.15) is 0 Å². The summed E-state index contributed by atoms with van der Waals surface area (Å²) in [6.07, 6.45) is 5.18. The molecule has 0 saturated carbocycles. The van der Waals surface area contributed by atoms with Gasteiger partial charge in [0.05, 0.1) is 0 Å². The third kappa shape index (κ3) is 7.69. The maximum atomic E-state index is 3.71. The van der Waals surface area contributed by atoms with Crippen molar-refractivity contribution in [3.05, 3.63) is 0 Å². The molecule has 0 rings (SSSR count). The van der Waals surface area contributed by atoms with Crippen molar-refractivity contribution < 1.29 is 0 Å². The smallest absolute Gasteiger partial charge is 0.00668 e. The number of hydrogen-bond donors (Lipinski definition) is 1. The first-order valence-electron chi connectivity index (χ1n) is 6.08. The van der Waals surface area contributed by atoms with Crippen LogP contribution in [0.2, 0.25) is 0 Å². The van der Waals surface area contributed by atoms with Crippen LogP contribution in [0.25, 0.3) is 0 Å². The van der Waals surface area contributed by atoms with Gasteiger partial charge in [-0.3, -0.25) is 0 Å². The summed E-state index contributed by atoms with van der Waals surface area (Å²) in [6.45, 7) is 9.09. The third-order valence-corrected chi connectivity index (χ3v) is 3.48. The van der Waals surface area contributed by atoms with Crippen molar-refractivity contribution in [1.82, 2.24) is 5.32 Å². The third-order valence-electron chi connectivity index (χ3n) is 2.55. The van der Waals surface area contributed by atoms with Crippen molar-refractivity contribution in [3.8, 4) is 0 Å². The molecule has 0 aliphatic rings. The van der Waals surface area contributed by atoms with Gasteiger partial charge >= 0.3 is 0 Å². The molecule has 2 heteroatoms. The van der Waals surface area contributed by atoms with Gasteiger partial charge in [-0.2, -0.15) is 11.8 Å². The molecule has 0 saturated heterocycles. The molecular weight excluding hydrogens is 190 g/mol. The highest BCUT2D eigenvalue weighted by Gasteiger charge is 2.08. The van der Waals surface area contributed by atoms with Crippen LogP contribution in [0.5, 0.6) is 0 Å². The maximum Gasteiger partial charge on any atom is 0.00668 e. The van der Waals surface area contributed by atoms with E-state index in [1.54, 1.807) is 0 Å². The molecule has 0 heterocycles. The van der Waals surface area contributed by atoms with Crippen LogP contribution in [0.4, 0.5) is 0 Å². The lowest BCUT2D eigenvalue weighted by atomic mass is 10.1. The fraction of sp³-hybridized carbons (Fsp3) is 1.00. The first-order chi connectivity index (χ1) is 6.74. The monoisotopic (exact) mass is 217 g/mol. The van der Waals surface area contributed by atoms with E-state index in [0.717, 1.165) is 6.04 Å². The van der Waals surface area contributed by atoms with E-state index in [2.05, 4.69) is 33.0 Å². The van der Waals surface area contributed by atoms with Crippen LogP contribution in [0.15, 0.2) is 0 Å². The molecule has 2 atom stereocenters. The zero-order chi connectivity index (χ0) is 10.8. The van der Waals surface area contributed by atoms with Crippen LogP contribution in [0, 0.1) is 0 Å². The summed E-state index contributed by atoms with van der Waals surface area (Å²) in [4.78, 5) is 0. The average molecular weight is 217 g/mol. The second kappa shape index (κ2) is 9.85. The molecule has 86 valence electrons. The lowest BCUT2D eigenvalue weighted by Crippen LogP contribution is -2.36. The van der Waals surface area contributed by atoms with E-state index in [4.69, 9.17) is 0 Å². The molecule has 0 aliphatic carbocycles. The predicted molar refractivity (Wildman–Crippen MR) is 69.2 cm³/mol. The minimum atomic E-state index is 0.686. The highest BCUT2D eigenvalue weighted by atomic mass is 32.2. The summed E-state index contributed by atoms with van der Waals surface area (Å²) < 4.78 is 0. The highest BCUT2D eigenvalue weighted by molar-refractivity contribution is 7.99. The Morgan fingerprint density at radius 1 is 1.14 bits per heavy atom.